The van der Waals surface area contributed by atoms with E-state index in [0.29, 0.717) is 60.3 Å². The van der Waals surface area contributed by atoms with Crippen LogP contribution in [0.15, 0.2) is 54.9 Å². The molecule has 1 amide bonds. The highest BCUT2D eigenvalue weighted by atomic mass is 19.1. The zero-order valence-electron chi connectivity index (χ0n) is 19.8. The number of nitrogens with zero attached hydrogens (tertiary/aromatic N) is 7. The van der Waals surface area contributed by atoms with Gasteiger partial charge in [0.15, 0.2) is 28.5 Å². The molecule has 0 atom stereocenters. The molecule has 2 aromatic carbocycles. The average molecular weight is 490 g/mol. The van der Waals surface area contributed by atoms with Crippen molar-refractivity contribution in [3.05, 3.63) is 66.2 Å². The summed E-state index contributed by atoms with van der Waals surface area (Å²) < 4.78 is 25.4. The van der Waals surface area contributed by atoms with Crippen LogP contribution in [-0.2, 0) is 4.79 Å². The van der Waals surface area contributed by atoms with Gasteiger partial charge < -0.3 is 19.3 Å². The van der Waals surface area contributed by atoms with Crippen LogP contribution in [0, 0.1) is 5.82 Å². The maximum absolute atomic E-state index is 13.3. The van der Waals surface area contributed by atoms with Gasteiger partial charge in [-0.2, -0.15) is 4.68 Å². The number of halogens is 1. The van der Waals surface area contributed by atoms with Gasteiger partial charge in [-0.15, -0.1) is 5.10 Å². The summed E-state index contributed by atoms with van der Waals surface area (Å²) in [6.07, 6.45) is 4.79. The molecular weight excluding hydrogens is 465 g/mol. The van der Waals surface area contributed by atoms with Crippen molar-refractivity contribution in [3.8, 4) is 17.2 Å². The highest BCUT2D eigenvalue weighted by Gasteiger charge is 2.24. The van der Waals surface area contributed by atoms with Gasteiger partial charge in [0.25, 0.3) is 0 Å². The van der Waals surface area contributed by atoms with Crippen LogP contribution in [0.2, 0.25) is 0 Å². The largest absolute Gasteiger partial charge is 0.493 e. The van der Waals surface area contributed by atoms with Gasteiger partial charge in [0, 0.05) is 32.3 Å². The Bertz CT molecular complexity index is 1410. The fourth-order valence-electron chi connectivity index (χ4n) is 4.09. The Morgan fingerprint density at radius 1 is 0.972 bits per heavy atom. The molecule has 3 heterocycles. The van der Waals surface area contributed by atoms with Crippen LogP contribution < -0.4 is 14.4 Å². The Labute approximate surface area is 206 Å². The van der Waals surface area contributed by atoms with Crippen LogP contribution in [0.1, 0.15) is 5.56 Å². The van der Waals surface area contributed by atoms with Crippen molar-refractivity contribution in [2.75, 3.05) is 45.3 Å². The molecule has 184 valence electrons. The van der Waals surface area contributed by atoms with E-state index in [9.17, 15) is 9.18 Å². The SMILES string of the molecule is COc1ccc(/C=C\C(=O)N2CCN(c3ncnc4c3nnn4-c3ccc(F)cc3)CC2)cc1OC. The molecule has 1 aliphatic rings. The summed E-state index contributed by atoms with van der Waals surface area (Å²) in [6.45, 7) is 2.25. The number of ether oxygens (including phenoxy) is 2. The van der Waals surface area contributed by atoms with E-state index < -0.39 is 0 Å². The Morgan fingerprint density at radius 2 is 1.72 bits per heavy atom. The molecule has 1 aliphatic heterocycles. The molecule has 1 saturated heterocycles. The molecule has 0 aliphatic carbocycles. The number of piperazine rings is 1. The van der Waals surface area contributed by atoms with Gasteiger partial charge in [-0.25, -0.2) is 14.4 Å². The molecule has 0 radical (unpaired) electrons. The van der Waals surface area contributed by atoms with Crippen molar-refractivity contribution in [2.45, 2.75) is 0 Å². The maximum atomic E-state index is 13.3. The first-order valence-corrected chi connectivity index (χ1v) is 11.3. The molecule has 0 unspecified atom stereocenters. The first-order valence-electron chi connectivity index (χ1n) is 11.3. The fraction of sp³-hybridized carbons (Fsp3) is 0.240. The lowest BCUT2D eigenvalue weighted by molar-refractivity contribution is -0.126. The molecule has 0 spiro atoms. The minimum atomic E-state index is -0.329. The fourth-order valence-corrected chi connectivity index (χ4v) is 4.09. The molecule has 0 bridgehead atoms. The summed E-state index contributed by atoms with van der Waals surface area (Å²) in [5.41, 5.74) is 2.57. The molecule has 4 aromatic rings. The Morgan fingerprint density at radius 3 is 2.44 bits per heavy atom. The van der Waals surface area contributed by atoms with Crippen LogP contribution in [0.3, 0.4) is 0 Å². The summed E-state index contributed by atoms with van der Waals surface area (Å²) in [4.78, 5) is 25.4. The monoisotopic (exact) mass is 489 g/mol. The standard InChI is InChI=1S/C25H24FN7O3/c1-35-20-9-3-17(15-21(20)36-2)4-10-22(34)31-11-13-32(14-12-31)24-23-25(28-16-27-24)33(30-29-23)19-7-5-18(26)6-8-19/h3-10,15-16H,11-14H2,1-2H3/b10-4-. The second-order valence-electron chi connectivity index (χ2n) is 8.11. The first kappa shape index (κ1) is 23.2. The Hall–Kier alpha value is -4.54. The van der Waals surface area contributed by atoms with E-state index in [1.165, 1.54) is 18.5 Å². The Kier molecular flexibility index (Phi) is 6.44. The highest BCUT2D eigenvalue weighted by Crippen LogP contribution is 2.28. The zero-order chi connectivity index (χ0) is 25.1. The second kappa shape index (κ2) is 9.98. The van der Waals surface area contributed by atoms with Crippen LogP contribution >= 0.6 is 0 Å². The number of carbonyl (C=O) groups is 1. The second-order valence-corrected chi connectivity index (χ2v) is 8.11. The van der Waals surface area contributed by atoms with E-state index in [1.54, 1.807) is 54.2 Å². The van der Waals surface area contributed by atoms with Gasteiger partial charge in [0.2, 0.25) is 5.91 Å². The lowest BCUT2D eigenvalue weighted by Crippen LogP contribution is -2.48. The zero-order valence-corrected chi connectivity index (χ0v) is 19.8. The molecule has 2 aromatic heterocycles. The van der Waals surface area contributed by atoms with Crippen molar-refractivity contribution in [1.82, 2.24) is 29.9 Å². The molecular formula is C25H24FN7O3. The van der Waals surface area contributed by atoms with Crippen LogP contribution in [0.25, 0.3) is 22.9 Å². The topological polar surface area (TPSA) is 98.5 Å². The number of methoxy groups -OCH3 is 2. The minimum absolute atomic E-state index is 0.0699. The summed E-state index contributed by atoms with van der Waals surface area (Å²) in [5.74, 6) is 1.49. The number of benzene rings is 2. The molecule has 1 fully saturated rings. The number of aromatic nitrogens is 5. The molecule has 11 heteroatoms. The van der Waals surface area contributed by atoms with E-state index in [-0.39, 0.29) is 11.7 Å². The van der Waals surface area contributed by atoms with Crippen LogP contribution in [0.4, 0.5) is 10.2 Å². The third-order valence-electron chi connectivity index (χ3n) is 6.01. The van der Waals surface area contributed by atoms with Gasteiger partial charge in [0.1, 0.15) is 12.1 Å². The molecule has 0 N–H and O–H groups in total. The predicted octanol–water partition coefficient (Wildman–Crippen LogP) is 2.73. The molecule has 0 saturated carbocycles. The summed E-state index contributed by atoms with van der Waals surface area (Å²) in [7, 11) is 3.15. The van der Waals surface area contributed by atoms with Gasteiger partial charge in [-0.05, 0) is 48.0 Å². The van der Waals surface area contributed by atoms with E-state index >= 15 is 0 Å². The van der Waals surface area contributed by atoms with Gasteiger partial charge >= 0.3 is 0 Å². The number of hydrogen-bond donors (Lipinski definition) is 0. The third-order valence-corrected chi connectivity index (χ3v) is 6.01. The molecule has 36 heavy (non-hydrogen) atoms. The number of rotatable bonds is 6. The van der Waals surface area contributed by atoms with Gasteiger partial charge in [0.05, 0.1) is 19.9 Å². The lowest BCUT2D eigenvalue weighted by Gasteiger charge is -2.34. The summed E-state index contributed by atoms with van der Waals surface area (Å²) in [5, 5.41) is 8.47. The van der Waals surface area contributed by atoms with Crippen LogP contribution in [-0.4, -0.2) is 76.2 Å². The lowest BCUT2D eigenvalue weighted by atomic mass is 10.2. The number of anilines is 1. The normalized spacial score (nSPS) is 14.0. The number of amides is 1. The quantitative estimate of drug-likeness (QED) is 0.382. The van der Waals surface area contributed by atoms with Gasteiger partial charge in [-0.3, -0.25) is 4.79 Å². The van der Waals surface area contributed by atoms with Crippen molar-refractivity contribution in [3.63, 3.8) is 0 Å². The first-order chi connectivity index (χ1) is 17.6. The molecule has 10 nitrogen and oxygen atoms in total. The van der Waals surface area contributed by atoms with Crippen molar-refractivity contribution < 1.29 is 18.7 Å². The average Bonchev–Trinajstić information content (AvgIpc) is 3.36. The number of carbonyl (C=O) groups excluding carboxylic acids is 1. The molecule has 5 rings (SSSR count). The smallest absolute Gasteiger partial charge is 0.246 e. The van der Waals surface area contributed by atoms with E-state index in [0.717, 1.165) is 5.56 Å². The summed E-state index contributed by atoms with van der Waals surface area (Å²) >= 11 is 0. The predicted molar refractivity (Wildman–Crippen MR) is 132 cm³/mol. The number of hydrogen-bond acceptors (Lipinski definition) is 8. The van der Waals surface area contributed by atoms with Gasteiger partial charge in [-0.1, -0.05) is 11.3 Å². The van der Waals surface area contributed by atoms with Crippen molar-refractivity contribution in [1.29, 1.82) is 0 Å². The highest BCUT2D eigenvalue weighted by molar-refractivity contribution is 5.92. The van der Waals surface area contributed by atoms with E-state index in [4.69, 9.17) is 9.47 Å². The Balaban J connectivity index is 1.27. The maximum Gasteiger partial charge on any atom is 0.246 e. The third kappa shape index (κ3) is 4.54. The van der Waals surface area contributed by atoms with Crippen molar-refractivity contribution >= 4 is 29.0 Å². The van der Waals surface area contributed by atoms with E-state index in [2.05, 4.69) is 25.2 Å². The minimum Gasteiger partial charge on any atom is -0.493 e. The van der Waals surface area contributed by atoms with Crippen molar-refractivity contribution in [2.24, 2.45) is 0 Å². The van der Waals surface area contributed by atoms with Crippen LogP contribution in [0.5, 0.6) is 11.5 Å². The number of fused-ring (bicyclic) bond motifs is 1. The summed E-state index contributed by atoms with van der Waals surface area (Å²) in [6, 6.07) is 11.4. The van der Waals surface area contributed by atoms with E-state index in [1.807, 2.05) is 12.1 Å².